The highest BCUT2D eigenvalue weighted by atomic mass is 16.6. The summed E-state index contributed by atoms with van der Waals surface area (Å²) < 4.78 is 11.1. The van der Waals surface area contributed by atoms with Gasteiger partial charge in [0.25, 0.3) is 0 Å². The average molecular weight is 424 g/mol. The molecule has 0 saturated carbocycles. The second-order valence-corrected chi connectivity index (χ2v) is 9.00. The SMILES string of the molecule is CC(C)(C)OC(=O)N[C@@H](Cc1ccccc1)[C@@H]1C[C@@H](CC2=CCC(=C=O)C=C2)C(=O)O1. The molecule has 6 nitrogen and oxygen atoms in total. The predicted octanol–water partition coefficient (Wildman–Crippen LogP) is 4.09. The van der Waals surface area contributed by atoms with E-state index in [0.29, 0.717) is 31.3 Å². The van der Waals surface area contributed by atoms with Crippen molar-refractivity contribution in [2.24, 2.45) is 5.92 Å². The Morgan fingerprint density at radius 2 is 2.00 bits per heavy atom. The van der Waals surface area contributed by atoms with Gasteiger partial charge in [-0.2, -0.15) is 0 Å². The number of ether oxygens (including phenoxy) is 2. The number of cyclic esters (lactones) is 1. The lowest BCUT2D eigenvalue weighted by Gasteiger charge is -2.26. The van der Waals surface area contributed by atoms with Crippen LogP contribution < -0.4 is 5.32 Å². The zero-order chi connectivity index (χ0) is 22.4. The topological polar surface area (TPSA) is 81.7 Å². The molecule has 1 aromatic carbocycles. The molecule has 0 aromatic heterocycles. The van der Waals surface area contributed by atoms with Gasteiger partial charge in [0.1, 0.15) is 17.6 Å². The molecule has 2 aliphatic rings. The second kappa shape index (κ2) is 9.80. The molecule has 0 unspecified atom stereocenters. The number of amides is 1. The highest BCUT2D eigenvalue weighted by Crippen LogP contribution is 2.31. The normalized spacial score (nSPS) is 21.7. The quantitative estimate of drug-likeness (QED) is 0.551. The number of alkyl carbamates (subject to hydrolysis) is 1. The van der Waals surface area contributed by atoms with E-state index in [1.165, 1.54) is 0 Å². The number of carbonyl (C=O) groups is 2. The fourth-order valence-electron chi connectivity index (χ4n) is 3.78. The summed E-state index contributed by atoms with van der Waals surface area (Å²) in [5, 5.41) is 2.91. The number of carbonyl (C=O) groups excluding carboxylic acids is 3. The molecule has 0 radical (unpaired) electrons. The molecule has 1 aliphatic carbocycles. The van der Waals surface area contributed by atoms with E-state index < -0.39 is 23.8 Å². The van der Waals surface area contributed by atoms with Gasteiger partial charge in [0, 0.05) is 18.4 Å². The molecule has 1 amide bonds. The van der Waals surface area contributed by atoms with Gasteiger partial charge in [0.15, 0.2) is 0 Å². The molecule has 1 aliphatic heterocycles. The number of esters is 1. The van der Waals surface area contributed by atoms with Crippen LogP contribution in [0.3, 0.4) is 0 Å². The minimum Gasteiger partial charge on any atom is -0.460 e. The minimum absolute atomic E-state index is 0.264. The number of allylic oxidation sites excluding steroid dienone is 5. The smallest absolute Gasteiger partial charge is 0.408 e. The third kappa shape index (κ3) is 6.69. The van der Waals surface area contributed by atoms with Crippen molar-refractivity contribution < 1.29 is 23.9 Å². The molecule has 3 rings (SSSR count). The first-order chi connectivity index (χ1) is 14.7. The minimum atomic E-state index is -0.620. The summed E-state index contributed by atoms with van der Waals surface area (Å²) in [6, 6.07) is 9.37. The molecule has 31 heavy (non-hydrogen) atoms. The van der Waals surface area contributed by atoms with E-state index in [0.717, 1.165) is 11.1 Å². The van der Waals surface area contributed by atoms with E-state index in [1.807, 2.05) is 48.4 Å². The lowest BCUT2D eigenvalue weighted by atomic mass is 9.90. The largest absolute Gasteiger partial charge is 0.460 e. The number of hydrogen-bond acceptors (Lipinski definition) is 5. The van der Waals surface area contributed by atoms with Gasteiger partial charge in [-0.3, -0.25) is 4.79 Å². The molecule has 1 fully saturated rings. The third-order valence-electron chi connectivity index (χ3n) is 5.26. The molecule has 0 spiro atoms. The van der Waals surface area contributed by atoms with Crippen LogP contribution in [0.2, 0.25) is 0 Å². The summed E-state index contributed by atoms with van der Waals surface area (Å²) in [7, 11) is 0. The molecule has 6 heteroatoms. The first kappa shape index (κ1) is 22.6. The second-order valence-electron chi connectivity index (χ2n) is 9.00. The Kier molecular flexibility index (Phi) is 7.13. The number of nitrogens with one attached hydrogen (secondary N) is 1. The summed E-state index contributed by atoms with van der Waals surface area (Å²) >= 11 is 0. The van der Waals surface area contributed by atoms with E-state index in [9.17, 15) is 14.4 Å². The summed E-state index contributed by atoms with van der Waals surface area (Å²) in [6.45, 7) is 5.42. The van der Waals surface area contributed by atoms with Crippen molar-refractivity contribution in [3.05, 3.63) is 65.3 Å². The van der Waals surface area contributed by atoms with Gasteiger partial charge in [-0.25, -0.2) is 9.59 Å². The lowest BCUT2D eigenvalue weighted by molar-refractivity contribution is -0.145. The van der Waals surface area contributed by atoms with Gasteiger partial charge < -0.3 is 14.8 Å². The van der Waals surface area contributed by atoms with Crippen molar-refractivity contribution in [3.63, 3.8) is 0 Å². The van der Waals surface area contributed by atoms with Crippen molar-refractivity contribution in [1.29, 1.82) is 0 Å². The molecule has 1 aromatic rings. The maximum Gasteiger partial charge on any atom is 0.408 e. The van der Waals surface area contributed by atoms with Gasteiger partial charge in [-0.15, -0.1) is 0 Å². The summed E-state index contributed by atoms with van der Waals surface area (Å²) in [4.78, 5) is 35.7. The molecule has 0 bridgehead atoms. The van der Waals surface area contributed by atoms with Crippen molar-refractivity contribution in [2.75, 3.05) is 0 Å². The highest BCUT2D eigenvalue weighted by Gasteiger charge is 2.40. The van der Waals surface area contributed by atoms with Gasteiger partial charge in [-0.1, -0.05) is 48.1 Å². The van der Waals surface area contributed by atoms with Crippen LogP contribution in [0, 0.1) is 5.92 Å². The van der Waals surface area contributed by atoms with E-state index in [2.05, 4.69) is 5.32 Å². The zero-order valence-electron chi connectivity index (χ0n) is 18.2. The zero-order valence-corrected chi connectivity index (χ0v) is 18.2. The van der Waals surface area contributed by atoms with Crippen LogP contribution in [0.15, 0.2) is 59.7 Å². The van der Waals surface area contributed by atoms with E-state index in [1.54, 1.807) is 26.8 Å². The standard InChI is InChI=1S/C25H29NO5/c1-25(2,3)31-24(29)26-21(14-17-7-5-4-6-8-17)22-15-20(23(28)30-22)13-18-9-11-19(16-27)12-10-18/h4-11,20-22H,12-15H2,1-3H3,(H,26,29)/t20-,21+,22+/m1/s1. The number of hydrogen-bond donors (Lipinski definition) is 1. The summed E-state index contributed by atoms with van der Waals surface area (Å²) in [6.07, 6.45) is 6.67. The Hall–Kier alpha value is -3.11. The average Bonchev–Trinajstić information content (AvgIpc) is 3.08. The van der Waals surface area contributed by atoms with Crippen LogP contribution in [-0.4, -0.2) is 35.8 Å². The molecule has 164 valence electrons. The van der Waals surface area contributed by atoms with Gasteiger partial charge in [0.2, 0.25) is 0 Å². The van der Waals surface area contributed by atoms with Crippen molar-refractivity contribution in [1.82, 2.24) is 5.32 Å². The molecule has 1 heterocycles. The van der Waals surface area contributed by atoms with Crippen LogP contribution in [0.25, 0.3) is 0 Å². The fraction of sp³-hybridized carbons (Fsp3) is 0.440. The van der Waals surface area contributed by atoms with Gasteiger partial charge in [0.05, 0.1) is 12.0 Å². The Labute approximate surface area is 183 Å². The van der Waals surface area contributed by atoms with Crippen LogP contribution in [0.4, 0.5) is 4.79 Å². The van der Waals surface area contributed by atoms with Crippen molar-refractivity contribution in [3.8, 4) is 0 Å². The fourth-order valence-corrected chi connectivity index (χ4v) is 3.78. The van der Waals surface area contributed by atoms with Crippen LogP contribution in [0.5, 0.6) is 0 Å². The summed E-state index contributed by atoms with van der Waals surface area (Å²) in [5.74, 6) is 1.34. The molecule has 1 saturated heterocycles. The van der Waals surface area contributed by atoms with Crippen molar-refractivity contribution in [2.45, 2.75) is 64.2 Å². The monoisotopic (exact) mass is 423 g/mol. The van der Waals surface area contributed by atoms with Crippen LogP contribution >= 0.6 is 0 Å². The van der Waals surface area contributed by atoms with Crippen LogP contribution in [0.1, 0.15) is 45.6 Å². The maximum atomic E-state index is 12.6. The first-order valence-electron chi connectivity index (χ1n) is 10.6. The predicted molar refractivity (Wildman–Crippen MR) is 117 cm³/mol. The third-order valence-corrected chi connectivity index (χ3v) is 5.26. The number of rotatable bonds is 6. The van der Waals surface area contributed by atoms with Gasteiger partial charge >= 0.3 is 12.1 Å². The van der Waals surface area contributed by atoms with E-state index >= 15 is 0 Å². The van der Waals surface area contributed by atoms with Crippen LogP contribution in [-0.2, 0) is 25.5 Å². The molecular formula is C25H29NO5. The highest BCUT2D eigenvalue weighted by molar-refractivity contribution is 5.76. The Morgan fingerprint density at radius 3 is 2.61 bits per heavy atom. The van der Waals surface area contributed by atoms with E-state index in [4.69, 9.17) is 9.47 Å². The van der Waals surface area contributed by atoms with E-state index in [-0.39, 0.29) is 11.9 Å². The summed E-state index contributed by atoms with van der Waals surface area (Å²) in [5.41, 5.74) is 2.01. The Balaban J connectivity index is 1.69. The van der Waals surface area contributed by atoms with Gasteiger partial charge in [-0.05, 0) is 45.3 Å². The first-order valence-corrected chi connectivity index (χ1v) is 10.6. The maximum absolute atomic E-state index is 12.6. The Bertz CT molecular complexity index is 919. The Morgan fingerprint density at radius 1 is 1.26 bits per heavy atom. The lowest BCUT2D eigenvalue weighted by Crippen LogP contribution is -2.46. The number of benzene rings is 1. The molecule has 1 N–H and O–H groups in total. The van der Waals surface area contributed by atoms with Crippen molar-refractivity contribution >= 4 is 18.0 Å². The molecule has 3 atom stereocenters. The molecular weight excluding hydrogens is 394 g/mol.